The van der Waals surface area contributed by atoms with Gasteiger partial charge in [-0.3, -0.25) is 14.5 Å². The second-order valence-corrected chi connectivity index (χ2v) is 8.19. The smallest absolute Gasteiger partial charge is 0.296 e. The molecular formula is C23H17BrN2O6. The maximum Gasteiger partial charge on any atom is 0.296 e. The molecule has 8 nitrogen and oxygen atoms in total. The fourth-order valence-electron chi connectivity index (χ4n) is 4.07. The number of hydrogen-bond donors (Lipinski definition) is 0. The first-order valence-electron chi connectivity index (χ1n) is 9.68. The van der Waals surface area contributed by atoms with Crippen molar-refractivity contribution < 1.29 is 23.2 Å². The Hall–Kier alpha value is -3.59. The minimum Gasteiger partial charge on any atom is -0.493 e. The Morgan fingerprint density at radius 3 is 2.59 bits per heavy atom. The van der Waals surface area contributed by atoms with Crippen molar-refractivity contribution in [3.8, 4) is 11.5 Å². The molecule has 3 heterocycles. The van der Waals surface area contributed by atoms with Gasteiger partial charge >= 0.3 is 0 Å². The van der Waals surface area contributed by atoms with Crippen LogP contribution in [0.4, 0.5) is 5.82 Å². The van der Waals surface area contributed by atoms with E-state index in [0.717, 1.165) is 4.47 Å². The highest BCUT2D eigenvalue weighted by atomic mass is 79.9. The summed E-state index contributed by atoms with van der Waals surface area (Å²) in [5.74, 6) is 1.12. The van der Waals surface area contributed by atoms with Crippen molar-refractivity contribution in [2.45, 2.75) is 13.0 Å². The highest BCUT2D eigenvalue weighted by Gasteiger charge is 2.46. The van der Waals surface area contributed by atoms with E-state index in [1.807, 2.05) is 0 Å². The molecule has 1 amide bonds. The lowest BCUT2D eigenvalue weighted by molar-refractivity contribution is 0.0969. The molecule has 0 saturated heterocycles. The lowest BCUT2D eigenvalue weighted by Gasteiger charge is -2.24. The fraction of sp³-hybridized carbons (Fsp3) is 0.174. The number of fused-ring (bicyclic) bond motifs is 2. The Bertz CT molecular complexity index is 1440. The zero-order valence-electron chi connectivity index (χ0n) is 17.3. The van der Waals surface area contributed by atoms with Crippen molar-refractivity contribution in [2.75, 3.05) is 19.1 Å². The maximum atomic E-state index is 13.7. The van der Waals surface area contributed by atoms with Gasteiger partial charge in [0.1, 0.15) is 17.4 Å². The van der Waals surface area contributed by atoms with Crippen molar-refractivity contribution in [1.29, 1.82) is 0 Å². The summed E-state index contributed by atoms with van der Waals surface area (Å²) in [6.07, 6.45) is 0. The van der Waals surface area contributed by atoms with Crippen LogP contribution < -0.4 is 19.8 Å². The van der Waals surface area contributed by atoms with E-state index in [1.165, 1.54) is 19.1 Å². The topological polar surface area (TPSA) is 95.0 Å². The van der Waals surface area contributed by atoms with Gasteiger partial charge in [-0.25, -0.2) is 0 Å². The molecule has 0 spiro atoms. The number of aromatic nitrogens is 1. The SMILES string of the molecule is COc1cccc([C@@H]2c3c(oc4ccc(Br)cc4c3=O)C(=O)N2c2cc(C)on2)c1OC. The van der Waals surface area contributed by atoms with E-state index < -0.39 is 11.9 Å². The number of benzene rings is 2. The molecule has 1 aliphatic heterocycles. The minimum atomic E-state index is -0.855. The van der Waals surface area contributed by atoms with Crippen molar-refractivity contribution in [1.82, 2.24) is 5.16 Å². The van der Waals surface area contributed by atoms with Crippen molar-refractivity contribution in [3.05, 3.63) is 79.8 Å². The van der Waals surface area contributed by atoms with Crippen LogP contribution in [0.15, 0.2) is 60.7 Å². The van der Waals surface area contributed by atoms with E-state index in [1.54, 1.807) is 49.4 Å². The van der Waals surface area contributed by atoms with Crippen LogP contribution in [0.5, 0.6) is 11.5 Å². The molecular weight excluding hydrogens is 480 g/mol. The Kier molecular flexibility index (Phi) is 4.78. The van der Waals surface area contributed by atoms with Crippen molar-refractivity contribution >= 4 is 38.6 Å². The number of anilines is 1. The third-order valence-corrected chi connectivity index (χ3v) is 5.92. The average molecular weight is 497 g/mol. The number of carbonyl (C=O) groups is 1. The summed E-state index contributed by atoms with van der Waals surface area (Å²) < 4.78 is 23.0. The largest absolute Gasteiger partial charge is 0.493 e. The van der Waals surface area contributed by atoms with Crippen LogP contribution in [0, 0.1) is 6.92 Å². The van der Waals surface area contributed by atoms with Gasteiger partial charge in [-0.05, 0) is 31.2 Å². The van der Waals surface area contributed by atoms with Gasteiger partial charge in [0, 0.05) is 16.1 Å². The van der Waals surface area contributed by atoms with Gasteiger partial charge in [0.2, 0.25) is 5.76 Å². The molecule has 162 valence electrons. The summed E-state index contributed by atoms with van der Waals surface area (Å²) in [6, 6.07) is 11.1. The number of methoxy groups -OCH3 is 2. The van der Waals surface area contributed by atoms with Gasteiger partial charge in [-0.1, -0.05) is 33.2 Å². The molecule has 0 bridgehead atoms. The zero-order valence-corrected chi connectivity index (χ0v) is 18.9. The van der Waals surface area contributed by atoms with Crippen LogP contribution in [0.3, 0.4) is 0 Å². The molecule has 2 aromatic heterocycles. The highest BCUT2D eigenvalue weighted by Crippen LogP contribution is 2.46. The molecule has 0 aliphatic carbocycles. The number of halogens is 1. The number of carbonyl (C=O) groups excluding carboxylic acids is 1. The maximum absolute atomic E-state index is 13.7. The molecule has 32 heavy (non-hydrogen) atoms. The van der Waals surface area contributed by atoms with Crippen LogP contribution in [-0.2, 0) is 0 Å². The zero-order chi connectivity index (χ0) is 22.6. The van der Waals surface area contributed by atoms with Crippen LogP contribution in [0.1, 0.15) is 33.5 Å². The quantitative estimate of drug-likeness (QED) is 0.406. The summed E-state index contributed by atoms with van der Waals surface area (Å²) >= 11 is 3.40. The van der Waals surface area contributed by atoms with Crippen LogP contribution in [0.2, 0.25) is 0 Å². The highest BCUT2D eigenvalue weighted by molar-refractivity contribution is 9.10. The second-order valence-electron chi connectivity index (χ2n) is 7.27. The third-order valence-electron chi connectivity index (χ3n) is 5.42. The normalized spacial score (nSPS) is 15.3. The Labute approximate surface area is 190 Å². The minimum absolute atomic E-state index is 0.0413. The van der Waals surface area contributed by atoms with Crippen LogP contribution in [0.25, 0.3) is 11.0 Å². The first-order chi connectivity index (χ1) is 15.4. The van der Waals surface area contributed by atoms with E-state index >= 15 is 0 Å². The lowest BCUT2D eigenvalue weighted by atomic mass is 9.97. The van der Waals surface area contributed by atoms with Crippen molar-refractivity contribution in [2.24, 2.45) is 0 Å². The number of rotatable bonds is 4. The van der Waals surface area contributed by atoms with Crippen LogP contribution >= 0.6 is 15.9 Å². The molecule has 0 saturated carbocycles. The number of para-hydroxylation sites is 1. The Morgan fingerprint density at radius 1 is 1.09 bits per heavy atom. The molecule has 5 rings (SSSR count). The fourth-order valence-corrected chi connectivity index (χ4v) is 4.43. The number of ether oxygens (including phenoxy) is 2. The molecule has 0 radical (unpaired) electrons. The Balaban J connectivity index is 1.86. The molecule has 0 unspecified atom stereocenters. The summed E-state index contributed by atoms with van der Waals surface area (Å²) in [5, 5.41) is 4.38. The lowest BCUT2D eigenvalue weighted by Crippen LogP contribution is -2.30. The second kappa shape index (κ2) is 7.52. The van der Waals surface area contributed by atoms with Gasteiger partial charge in [-0.2, -0.15) is 0 Å². The van der Waals surface area contributed by atoms with E-state index in [2.05, 4.69) is 21.1 Å². The average Bonchev–Trinajstić information content (AvgIpc) is 3.34. The molecule has 1 atom stereocenters. The third kappa shape index (κ3) is 2.92. The predicted octanol–water partition coefficient (Wildman–Crippen LogP) is 4.62. The summed E-state index contributed by atoms with van der Waals surface area (Å²) in [6.45, 7) is 1.72. The van der Waals surface area contributed by atoms with E-state index in [9.17, 15) is 9.59 Å². The molecule has 0 N–H and O–H groups in total. The summed E-state index contributed by atoms with van der Waals surface area (Å²) in [7, 11) is 3.02. The summed E-state index contributed by atoms with van der Waals surface area (Å²) in [4.78, 5) is 28.6. The monoisotopic (exact) mass is 496 g/mol. The summed E-state index contributed by atoms with van der Waals surface area (Å²) in [5.41, 5.74) is 0.766. The molecule has 1 aliphatic rings. The Morgan fingerprint density at radius 2 is 1.91 bits per heavy atom. The molecule has 2 aromatic carbocycles. The molecule has 4 aromatic rings. The van der Waals surface area contributed by atoms with E-state index in [-0.39, 0.29) is 22.6 Å². The number of hydrogen-bond acceptors (Lipinski definition) is 7. The first kappa shape index (κ1) is 20.3. The van der Waals surface area contributed by atoms with Crippen LogP contribution in [-0.4, -0.2) is 25.3 Å². The molecule has 9 heteroatoms. The van der Waals surface area contributed by atoms with Gasteiger partial charge in [0.25, 0.3) is 5.91 Å². The number of amides is 1. The number of nitrogens with zero attached hydrogens (tertiary/aromatic N) is 2. The van der Waals surface area contributed by atoms with Crippen molar-refractivity contribution in [3.63, 3.8) is 0 Å². The number of aryl methyl sites for hydroxylation is 1. The predicted molar refractivity (Wildman–Crippen MR) is 120 cm³/mol. The first-order valence-corrected chi connectivity index (χ1v) is 10.5. The molecule has 0 fully saturated rings. The van der Waals surface area contributed by atoms with E-state index in [0.29, 0.717) is 33.8 Å². The van der Waals surface area contributed by atoms with E-state index in [4.69, 9.17) is 18.4 Å². The van der Waals surface area contributed by atoms with Gasteiger partial charge in [0.15, 0.2) is 22.7 Å². The van der Waals surface area contributed by atoms with Gasteiger partial charge in [-0.15, -0.1) is 0 Å². The standard InChI is InChI=1S/C23H17BrN2O6/c1-11-9-17(25-32-11)26-19(13-5-4-6-16(29-2)21(13)30-3)18-20(27)14-10-12(24)7-8-15(14)31-22(18)23(26)28/h4-10,19H,1-3H3/t19-/m1/s1. The van der Waals surface area contributed by atoms with Gasteiger partial charge < -0.3 is 18.4 Å². The van der Waals surface area contributed by atoms with Gasteiger partial charge in [0.05, 0.1) is 25.2 Å².